The topological polar surface area (TPSA) is 42.9 Å². The van der Waals surface area contributed by atoms with Crippen molar-refractivity contribution in [2.45, 2.75) is 13.8 Å². The molecule has 0 fully saturated rings. The van der Waals surface area contributed by atoms with Crippen LogP contribution in [-0.2, 0) is 0 Å². The number of carbonyl (C=O) groups is 1. The molecule has 0 radical (unpaired) electrons. The van der Waals surface area contributed by atoms with Crippen LogP contribution in [0.15, 0.2) is 30.6 Å². The smallest absolute Gasteiger partial charge is 0.150 e. The van der Waals surface area contributed by atoms with Crippen LogP contribution in [0.3, 0.4) is 0 Å². The Hall–Kier alpha value is -2.03. The normalized spacial score (nSPS) is 10.1. The third kappa shape index (κ3) is 2.14. The molecule has 80 valence electrons. The Bertz CT molecular complexity index is 518. The quantitative estimate of drug-likeness (QED) is 0.718. The van der Waals surface area contributed by atoms with Gasteiger partial charge >= 0.3 is 0 Å². The molecular weight excluding hydrogens is 200 g/mol. The van der Waals surface area contributed by atoms with Crippen molar-refractivity contribution in [1.29, 1.82) is 0 Å². The monoisotopic (exact) mass is 212 g/mol. The average Bonchev–Trinajstić information content (AvgIpc) is 2.29. The molecule has 0 unspecified atom stereocenters. The molecule has 1 aromatic carbocycles. The number of aldehydes is 1. The van der Waals surface area contributed by atoms with E-state index in [4.69, 9.17) is 0 Å². The van der Waals surface area contributed by atoms with E-state index in [0.29, 0.717) is 5.56 Å². The molecule has 0 spiro atoms. The maximum Gasteiger partial charge on any atom is 0.150 e. The van der Waals surface area contributed by atoms with Crippen molar-refractivity contribution in [2.24, 2.45) is 0 Å². The Morgan fingerprint density at radius 3 is 2.31 bits per heavy atom. The van der Waals surface area contributed by atoms with E-state index in [2.05, 4.69) is 9.97 Å². The minimum absolute atomic E-state index is 0.676. The van der Waals surface area contributed by atoms with Crippen molar-refractivity contribution in [3.05, 3.63) is 47.5 Å². The third-order valence-electron chi connectivity index (χ3n) is 2.35. The fourth-order valence-corrected chi connectivity index (χ4v) is 1.59. The van der Waals surface area contributed by atoms with Gasteiger partial charge in [0.2, 0.25) is 0 Å². The Balaban J connectivity index is 2.51. The second-order valence-corrected chi connectivity index (χ2v) is 3.77. The van der Waals surface area contributed by atoms with Crippen LogP contribution in [-0.4, -0.2) is 16.3 Å². The van der Waals surface area contributed by atoms with Crippen LogP contribution in [0.25, 0.3) is 11.1 Å². The molecule has 16 heavy (non-hydrogen) atoms. The Labute approximate surface area is 94.2 Å². The summed E-state index contributed by atoms with van der Waals surface area (Å²) in [6.45, 7) is 3.81. The highest BCUT2D eigenvalue weighted by atomic mass is 16.1. The summed E-state index contributed by atoms with van der Waals surface area (Å²) in [6.07, 6.45) is 4.39. The van der Waals surface area contributed by atoms with Gasteiger partial charge in [-0.05, 0) is 37.1 Å². The first-order valence-electron chi connectivity index (χ1n) is 5.05. The lowest BCUT2D eigenvalue weighted by Crippen LogP contribution is -1.90. The number of aryl methyl sites for hydroxylation is 2. The summed E-state index contributed by atoms with van der Waals surface area (Å²) < 4.78 is 0. The summed E-state index contributed by atoms with van der Waals surface area (Å²) in [6, 6.07) is 5.71. The molecule has 0 saturated heterocycles. The first-order chi connectivity index (χ1) is 7.69. The summed E-state index contributed by atoms with van der Waals surface area (Å²) in [5, 5.41) is 0. The highest BCUT2D eigenvalue weighted by Gasteiger charge is 2.01. The van der Waals surface area contributed by atoms with E-state index in [0.717, 1.165) is 28.8 Å². The third-order valence-corrected chi connectivity index (χ3v) is 2.35. The standard InChI is InChI=1S/C13H12N2O/c1-9-3-11(8-16)5-12(4-9)13-6-14-10(2)15-7-13/h3-8H,1-2H3. The van der Waals surface area contributed by atoms with Crippen LogP contribution < -0.4 is 0 Å². The molecular formula is C13H12N2O. The zero-order valence-electron chi connectivity index (χ0n) is 9.27. The fraction of sp³-hybridized carbons (Fsp3) is 0.154. The predicted molar refractivity (Wildman–Crippen MR) is 62.3 cm³/mol. The van der Waals surface area contributed by atoms with Crippen molar-refractivity contribution < 1.29 is 4.79 Å². The van der Waals surface area contributed by atoms with Gasteiger partial charge in [0.15, 0.2) is 0 Å². The molecule has 3 heteroatoms. The van der Waals surface area contributed by atoms with Crippen LogP contribution in [0.2, 0.25) is 0 Å². The van der Waals surface area contributed by atoms with Crippen molar-refractivity contribution in [3.63, 3.8) is 0 Å². The van der Waals surface area contributed by atoms with Crippen LogP contribution in [0.1, 0.15) is 21.7 Å². The average molecular weight is 212 g/mol. The molecule has 1 heterocycles. The first-order valence-corrected chi connectivity index (χ1v) is 5.05. The summed E-state index contributed by atoms with van der Waals surface area (Å²) >= 11 is 0. The van der Waals surface area contributed by atoms with Gasteiger partial charge < -0.3 is 0 Å². The van der Waals surface area contributed by atoms with Crippen molar-refractivity contribution in [2.75, 3.05) is 0 Å². The van der Waals surface area contributed by atoms with E-state index in [9.17, 15) is 4.79 Å². The Morgan fingerprint density at radius 2 is 1.69 bits per heavy atom. The van der Waals surface area contributed by atoms with Crippen molar-refractivity contribution >= 4 is 6.29 Å². The largest absolute Gasteiger partial charge is 0.298 e. The molecule has 0 saturated carbocycles. The molecule has 2 aromatic rings. The van der Waals surface area contributed by atoms with Gasteiger partial charge in [-0.3, -0.25) is 4.79 Å². The lowest BCUT2D eigenvalue weighted by Gasteiger charge is -2.04. The number of benzene rings is 1. The van der Waals surface area contributed by atoms with E-state index >= 15 is 0 Å². The molecule has 2 rings (SSSR count). The van der Waals surface area contributed by atoms with Gasteiger partial charge in [-0.1, -0.05) is 6.07 Å². The van der Waals surface area contributed by atoms with Crippen LogP contribution in [0.4, 0.5) is 0 Å². The SMILES string of the molecule is Cc1cc(C=O)cc(-c2cnc(C)nc2)c1. The Kier molecular flexibility index (Phi) is 2.77. The number of hydrogen-bond acceptors (Lipinski definition) is 3. The van der Waals surface area contributed by atoms with Gasteiger partial charge in [0.1, 0.15) is 12.1 Å². The zero-order chi connectivity index (χ0) is 11.5. The molecule has 0 amide bonds. The van der Waals surface area contributed by atoms with Crippen LogP contribution in [0.5, 0.6) is 0 Å². The summed E-state index contributed by atoms with van der Waals surface area (Å²) in [5.74, 6) is 0.743. The molecule has 0 bridgehead atoms. The van der Waals surface area contributed by atoms with Gasteiger partial charge in [0.25, 0.3) is 0 Å². The molecule has 0 aliphatic heterocycles. The second-order valence-electron chi connectivity index (χ2n) is 3.77. The van der Waals surface area contributed by atoms with E-state index < -0.39 is 0 Å². The van der Waals surface area contributed by atoms with Crippen LogP contribution >= 0.6 is 0 Å². The van der Waals surface area contributed by atoms with Gasteiger partial charge in [0, 0.05) is 23.5 Å². The maximum absolute atomic E-state index is 10.8. The lowest BCUT2D eigenvalue weighted by molar-refractivity contribution is 0.112. The summed E-state index contributed by atoms with van der Waals surface area (Å²) in [5.41, 5.74) is 3.63. The Morgan fingerprint density at radius 1 is 1.00 bits per heavy atom. The van der Waals surface area contributed by atoms with Crippen molar-refractivity contribution in [3.8, 4) is 11.1 Å². The minimum Gasteiger partial charge on any atom is -0.298 e. The van der Waals surface area contributed by atoms with Gasteiger partial charge in [-0.2, -0.15) is 0 Å². The predicted octanol–water partition coefficient (Wildman–Crippen LogP) is 2.57. The van der Waals surface area contributed by atoms with E-state index in [1.807, 2.05) is 32.0 Å². The first kappa shape index (κ1) is 10.5. The highest BCUT2D eigenvalue weighted by Crippen LogP contribution is 2.20. The van der Waals surface area contributed by atoms with E-state index in [-0.39, 0.29) is 0 Å². The van der Waals surface area contributed by atoms with E-state index in [1.165, 1.54) is 0 Å². The maximum atomic E-state index is 10.8. The molecule has 1 aromatic heterocycles. The molecule has 0 aliphatic carbocycles. The van der Waals surface area contributed by atoms with Crippen LogP contribution in [0, 0.1) is 13.8 Å². The number of nitrogens with zero attached hydrogens (tertiary/aromatic N) is 2. The number of hydrogen-bond donors (Lipinski definition) is 0. The number of rotatable bonds is 2. The van der Waals surface area contributed by atoms with Gasteiger partial charge in [-0.25, -0.2) is 9.97 Å². The fourth-order valence-electron chi connectivity index (χ4n) is 1.59. The molecule has 0 atom stereocenters. The van der Waals surface area contributed by atoms with E-state index in [1.54, 1.807) is 12.4 Å². The summed E-state index contributed by atoms with van der Waals surface area (Å²) in [7, 11) is 0. The lowest BCUT2D eigenvalue weighted by atomic mass is 10.0. The minimum atomic E-state index is 0.676. The second kappa shape index (κ2) is 4.23. The van der Waals surface area contributed by atoms with Gasteiger partial charge in [0.05, 0.1) is 0 Å². The van der Waals surface area contributed by atoms with Crippen molar-refractivity contribution in [1.82, 2.24) is 9.97 Å². The number of carbonyl (C=O) groups excluding carboxylic acids is 1. The highest BCUT2D eigenvalue weighted by molar-refractivity contribution is 5.79. The van der Waals surface area contributed by atoms with Gasteiger partial charge in [-0.15, -0.1) is 0 Å². The number of aromatic nitrogens is 2. The molecule has 0 N–H and O–H groups in total. The molecule has 0 aliphatic rings. The zero-order valence-corrected chi connectivity index (χ0v) is 9.27. The molecule has 3 nitrogen and oxygen atoms in total. The summed E-state index contributed by atoms with van der Waals surface area (Å²) in [4.78, 5) is 19.0.